The number of aliphatic imine (C=N–C) groups is 1. The molecular weight excluding hydrogens is 186 g/mol. The molecule has 80 valence electrons. The predicted molar refractivity (Wildman–Crippen MR) is 64.1 cm³/mol. The van der Waals surface area contributed by atoms with Crippen LogP contribution in [-0.4, -0.2) is 19.4 Å². The number of rotatable bonds is 2. The lowest BCUT2D eigenvalue weighted by Crippen LogP contribution is -2.40. The second-order valence-corrected chi connectivity index (χ2v) is 3.79. The maximum atomic E-state index is 4.46. The zero-order valence-corrected chi connectivity index (χ0v) is 9.11. The fourth-order valence-corrected chi connectivity index (χ4v) is 1.70. The van der Waals surface area contributed by atoms with Gasteiger partial charge in [0.05, 0.1) is 5.69 Å². The highest BCUT2D eigenvalue weighted by Crippen LogP contribution is 2.10. The first kappa shape index (κ1) is 10.0. The molecule has 1 aliphatic heterocycles. The molecule has 0 aliphatic carbocycles. The third-order valence-electron chi connectivity index (χ3n) is 2.56. The largest absolute Gasteiger partial charge is 0.290 e. The van der Waals surface area contributed by atoms with E-state index in [9.17, 15) is 0 Å². The molecule has 0 saturated carbocycles. The van der Waals surface area contributed by atoms with Gasteiger partial charge in [-0.2, -0.15) is 0 Å². The molecule has 1 heterocycles. The lowest BCUT2D eigenvalue weighted by molar-refractivity contribution is 0.703. The van der Waals surface area contributed by atoms with Gasteiger partial charge in [0, 0.05) is 20.0 Å². The summed E-state index contributed by atoms with van der Waals surface area (Å²) in [5.74, 6) is 1.10. The molecule has 3 heteroatoms. The van der Waals surface area contributed by atoms with E-state index in [0.717, 1.165) is 24.5 Å². The van der Waals surface area contributed by atoms with Crippen LogP contribution in [-0.2, 0) is 0 Å². The van der Waals surface area contributed by atoms with Gasteiger partial charge in [-0.25, -0.2) is 0 Å². The maximum absolute atomic E-state index is 4.46. The SMILES string of the molecule is CN(NC1=NCCCC1)c1ccccc1. The van der Waals surface area contributed by atoms with Crippen molar-refractivity contribution in [1.29, 1.82) is 0 Å². The first-order valence-corrected chi connectivity index (χ1v) is 5.45. The molecule has 0 atom stereocenters. The van der Waals surface area contributed by atoms with E-state index in [4.69, 9.17) is 0 Å². The molecule has 2 rings (SSSR count). The van der Waals surface area contributed by atoms with Crippen LogP contribution in [0.2, 0.25) is 0 Å². The Morgan fingerprint density at radius 1 is 1.20 bits per heavy atom. The second-order valence-electron chi connectivity index (χ2n) is 3.79. The van der Waals surface area contributed by atoms with Crippen LogP contribution in [0.4, 0.5) is 5.69 Å². The zero-order chi connectivity index (χ0) is 10.5. The van der Waals surface area contributed by atoms with Crippen LogP contribution in [0, 0.1) is 0 Å². The Bertz CT molecular complexity index is 332. The van der Waals surface area contributed by atoms with E-state index in [2.05, 4.69) is 22.6 Å². The van der Waals surface area contributed by atoms with Crippen LogP contribution in [0.5, 0.6) is 0 Å². The second kappa shape index (κ2) is 4.82. The van der Waals surface area contributed by atoms with Gasteiger partial charge in [-0.1, -0.05) is 18.2 Å². The van der Waals surface area contributed by atoms with Gasteiger partial charge in [0.25, 0.3) is 0 Å². The summed E-state index contributed by atoms with van der Waals surface area (Å²) < 4.78 is 0. The van der Waals surface area contributed by atoms with Crippen LogP contribution in [0.25, 0.3) is 0 Å². The van der Waals surface area contributed by atoms with Crippen molar-refractivity contribution >= 4 is 11.5 Å². The van der Waals surface area contributed by atoms with Crippen LogP contribution >= 0.6 is 0 Å². The molecule has 0 fully saturated rings. The van der Waals surface area contributed by atoms with E-state index >= 15 is 0 Å². The molecular formula is C12H17N3. The fraction of sp³-hybridized carbons (Fsp3) is 0.417. The molecule has 0 spiro atoms. The maximum Gasteiger partial charge on any atom is 0.115 e. The number of anilines is 1. The number of nitrogens with one attached hydrogen (secondary N) is 1. The van der Waals surface area contributed by atoms with E-state index in [1.165, 1.54) is 12.8 Å². The summed E-state index contributed by atoms with van der Waals surface area (Å²) in [6.45, 7) is 0.963. The number of hydrogen-bond donors (Lipinski definition) is 1. The molecule has 3 nitrogen and oxygen atoms in total. The van der Waals surface area contributed by atoms with E-state index < -0.39 is 0 Å². The molecule has 1 aromatic rings. The van der Waals surface area contributed by atoms with Crippen molar-refractivity contribution in [2.45, 2.75) is 19.3 Å². The summed E-state index contributed by atoms with van der Waals surface area (Å²) in [7, 11) is 2.02. The van der Waals surface area contributed by atoms with Crippen molar-refractivity contribution in [2.24, 2.45) is 4.99 Å². The molecule has 0 unspecified atom stereocenters. The van der Waals surface area contributed by atoms with E-state index in [-0.39, 0.29) is 0 Å². The quantitative estimate of drug-likeness (QED) is 0.746. The molecule has 15 heavy (non-hydrogen) atoms. The van der Waals surface area contributed by atoms with Crippen molar-refractivity contribution in [2.75, 3.05) is 18.6 Å². The Hall–Kier alpha value is -1.51. The van der Waals surface area contributed by atoms with E-state index in [1.54, 1.807) is 0 Å². The number of benzene rings is 1. The van der Waals surface area contributed by atoms with Gasteiger partial charge in [0.1, 0.15) is 5.84 Å². The fourth-order valence-electron chi connectivity index (χ4n) is 1.70. The van der Waals surface area contributed by atoms with Crippen molar-refractivity contribution in [1.82, 2.24) is 5.43 Å². The molecule has 0 aromatic heterocycles. The molecule has 0 bridgehead atoms. The zero-order valence-electron chi connectivity index (χ0n) is 9.11. The Balaban J connectivity index is 1.97. The van der Waals surface area contributed by atoms with Gasteiger partial charge in [0.15, 0.2) is 0 Å². The smallest absolute Gasteiger partial charge is 0.115 e. The molecule has 1 aliphatic rings. The van der Waals surface area contributed by atoms with Gasteiger partial charge >= 0.3 is 0 Å². The highest BCUT2D eigenvalue weighted by molar-refractivity contribution is 5.84. The summed E-state index contributed by atoms with van der Waals surface area (Å²) in [6.07, 6.45) is 3.53. The van der Waals surface area contributed by atoms with Crippen molar-refractivity contribution in [3.05, 3.63) is 30.3 Å². The Kier molecular flexibility index (Phi) is 3.22. The topological polar surface area (TPSA) is 27.6 Å². The highest BCUT2D eigenvalue weighted by atomic mass is 15.5. The van der Waals surface area contributed by atoms with Gasteiger partial charge in [0.2, 0.25) is 0 Å². The standard InChI is InChI=1S/C12H17N3/c1-15(11-7-3-2-4-8-11)14-12-9-5-6-10-13-12/h2-4,7-8H,5-6,9-10H2,1H3,(H,13,14). The van der Waals surface area contributed by atoms with E-state index in [1.807, 2.05) is 30.3 Å². The van der Waals surface area contributed by atoms with Crippen molar-refractivity contribution < 1.29 is 0 Å². The summed E-state index contributed by atoms with van der Waals surface area (Å²) >= 11 is 0. The third kappa shape index (κ3) is 2.72. The Morgan fingerprint density at radius 3 is 2.67 bits per heavy atom. The summed E-state index contributed by atoms with van der Waals surface area (Å²) in [4.78, 5) is 4.46. The number of amidine groups is 1. The van der Waals surface area contributed by atoms with Gasteiger partial charge in [-0.3, -0.25) is 15.4 Å². The minimum Gasteiger partial charge on any atom is -0.290 e. The third-order valence-corrected chi connectivity index (χ3v) is 2.56. The average Bonchev–Trinajstić information content (AvgIpc) is 2.31. The normalized spacial score (nSPS) is 15.7. The Morgan fingerprint density at radius 2 is 2.00 bits per heavy atom. The molecule has 0 saturated heterocycles. The number of nitrogens with zero attached hydrogens (tertiary/aromatic N) is 2. The summed E-state index contributed by atoms with van der Waals surface area (Å²) in [5, 5.41) is 2.02. The van der Waals surface area contributed by atoms with Gasteiger partial charge < -0.3 is 0 Å². The molecule has 0 amide bonds. The number of hydrazine groups is 1. The number of hydrogen-bond acceptors (Lipinski definition) is 3. The average molecular weight is 203 g/mol. The van der Waals surface area contributed by atoms with Crippen LogP contribution in [0.15, 0.2) is 35.3 Å². The summed E-state index contributed by atoms with van der Waals surface area (Å²) in [6, 6.07) is 10.3. The first-order chi connectivity index (χ1) is 7.36. The monoisotopic (exact) mass is 203 g/mol. The van der Waals surface area contributed by atoms with Crippen molar-refractivity contribution in [3.8, 4) is 0 Å². The van der Waals surface area contributed by atoms with Crippen LogP contribution in [0.3, 0.4) is 0 Å². The van der Waals surface area contributed by atoms with Gasteiger partial charge in [-0.05, 0) is 25.0 Å². The van der Waals surface area contributed by atoms with Crippen LogP contribution in [0.1, 0.15) is 19.3 Å². The first-order valence-electron chi connectivity index (χ1n) is 5.45. The summed E-state index contributed by atoms with van der Waals surface area (Å²) in [5.41, 5.74) is 4.48. The predicted octanol–water partition coefficient (Wildman–Crippen LogP) is 2.21. The molecule has 1 aromatic carbocycles. The minimum atomic E-state index is 0.963. The van der Waals surface area contributed by atoms with Crippen LogP contribution < -0.4 is 10.4 Å². The molecule has 1 N–H and O–H groups in total. The number of para-hydroxylation sites is 1. The van der Waals surface area contributed by atoms with Crippen molar-refractivity contribution in [3.63, 3.8) is 0 Å². The molecule has 0 radical (unpaired) electrons. The lowest BCUT2D eigenvalue weighted by atomic mass is 10.2. The van der Waals surface area contributed by atoms with Gasteiger partial charge in [-0.15, -0.1) is 0 Å². The Labute approximate surface area is 90.8 Å². The highest BCUT2D eigenvalue weighted by Gasteiger charge is 2.06. The minimum absolute atomic E-state index is 0.963. The lowest BCUT2D eigenvalue weighted by Gasteiger charge is -2.24. The van der Waals surface area contributed by atoms with E-state index in [0.29, 0.717) is 0 Å².